The number of hydrogen-bond donors (Lipinski definition) is 2. The fourth-order valence-electron chi connectivity index (χ4n) is 3.07. The molecule has 1 aromatic carbocycles. The van der Waals surface area contributed by atoms with Crippen LogP contribution >= 0.6 is 0 Å². The Morgan fingerprint density at radius 2 is 2.04 bits per heavy atom. The molecule has 1 aliphatic rings. The average molecular weight is 333 g/mol. The number of benzene rings is 1. The molecule has 0 saturated carbocycles. The molecule has 0 spiro atoms. The first-order valence-corrected chi connectivity index (χ1v) is 8.16. The topological polar surface area (TPSA) is 71.1 Å². The van der Waals surface area contributed by atoms with Gasteiger partial charge in [0, 0.05) is 23.0 Å². The summed E-state index contributed by atoms with van der Waals surface area (Å²) >= 11 is 0. The number of fused-ring (bicyclic) bond motifs is 1. The van der Waals surface area contributed by atoms with E-state index in [1.54, 1.807) is 24.4 Å². The van der Waals surface area contributed by atoms with Crippen LogP contribution in [0.25, 0.3) is 0 Å². The highest BCUT2D eigenvalue weighted by Gasteiger charge is 2.25. The summed E-state index contributed by atoms with van der Waals surface area (Å²) in [5, 5.41) is 5.73. The number of carbonyl (C=O) groups is 2. The molecule has 2 aromatic rings. The molecule has 0 fully saturated rings. The minimum absolute atomic E-state index is 0.0428. The first kappa shape index (κ1) is 16.7. The summed E-state index contributed by atoms with van der Waals surface area (Å²) in [4.78, 5) is 28.5. The van der Waals surface area contributed by atoms with Gasteiger partial charge < -0.3 is 10.6 Å². The smallest absolute Gasteiger partial charge is 0.252 e. The van der Waals surface area contributed by atoms with Gasteiger partial charge in [-0.25, -0.2) is 0 Å². The van der Waals surface area contributed by atoms with Gasteiger partial charge in [-0.1, -0.05) is 12.0 Å². The van der Waals surface area contributed by atoms with E-state index in [0.717, 1.165) is 29.7 Å². The summed E-state index contributed by atoms with van der Waals surface area (Å²) in [6, 6.07) is 8.99. The Bertz CT molecular complexity index is 867. The monoisotopic (exact) mass is 333 g/mol. The Labute approximate surface area is 146 Å². The molecule has 1 unspecified atom stereocenters. The van der Waals surface area contributed by atoms with Crippen molar-refractivity contribution in [3.63, 3.8) is 0 Å². The van der Waals surface area contributed by atoms with Crippen molar-refractivity contribution in [3.8, 4) is 12.3 Å². The van der Waals surface area contributed by atoms with E-state index < -0.39 is 0 Å². The van der Waals surface area contributed by atoms with Gasteiger partial charge in [-0.3, -0.25) is 14.6 Å². The number of pyridine rings is 1. The lowest BCUT2D eigenvalue weighted by Crippen LogP contribution is -2.27. The molecular formula is C20H19N3O2. The van der Waals surface area contributed by atoms with Gasteiger partial charge in [-0.2, -0.15) is 0 Å². The van der Waals surface area contributed by atoms with Crippen LogP contribution in [0.15, 0.2) is 36.5 Å². The van der Waals surface area contributed by atoms with E-state index in [-0.39, 0.29) is 24.4 Å². The highest BCUT2D eigenvalue weighted by molar-refractivity contribution is 5.95. The third-order valence-corrected chi connectivity index (χ3v) is 4.30. The van der Waals surface area contributed by atoms with Crippen molar-refractivity contribution in [2.24, 2.45) is 0 Å². The molecule has 5 heteroatoms. The van der Waals surface area contributed by atoms with E-state index in [2.05, 4.69) is 21.5 Å². The fraction of sp³-hybridized carbons (Fsp3) is 0.250. The maximum Gasteiger partial charge on any atom is 0.252 e. The zero-order valence-corrected chi connectivity index (χ0v) is 14.0. The van der Waals surface area contributed by atoms with Gasteiger partial charge >= 0.3 is 0 Å². The van der Waals surface area contributed by atoms with Gasteiger partial charge in [-0.15, -0.1) is 6.42 Å². The van der Waals surface area contributed by atoms with Crippen LogP contribution in [-0.4, -0.2) is 23.3 Å². The normalized spacial score (nSPS) is 15.1. The number of rotatable bonds is 4. The van der Waals surface area contributed by atoms with Crippen LogP contribution in [0.1, 0.15) is 50.0 Å². The molecule has 5 nitrogen and oxygen atoms in total. The molecule has 1 atom stereocenters. The first-order valence-electron chi connectivity index (χ1n) is 8.16. The quantitative estimate of drug-likeness (QED) is 0.843. The zero-order chi connectivity index (χ0) is 17.8. The lowest BCUT2D eigenvalue weighted by Gasteiger charge is -2.15. The van der Waals surface area contributed by atoms with Crippen LogP contribution in [0, 0.1) is 19.3 Å². The van der Waals surface area contributed by atoms with E-state index >= 15 is 0 Å². The summed E-state index contributed by atoms with van der Waals surface area (Å²) in [6.45, 7) is 2.06. The summed E-state index contributed by atoms with van der Waals surface area (Å²) in [7, 11) is 0. The highest BCUT2D eigenvalue weighted by atomic mass is 16.2. The van der Waals surface area contributed by atoms with Crippen LogP contribution in [-0.2, 0) is 6.42 Å². The molecule has 1 aromatic heterocycles. The number of amides is 2. The second-order valence-electron chi connectivity index (χ2n) is 6.05. The molecule has 1 aliphatic carbocycles. The maximum atomic E-state index is 12.4. The van der Waals surface area contributed by atoms with Crippen molar-refractivity contribution in [1.82, 2.24) is 15.6 Å². The number of hydrogen-bond acceptors (Lipinski definition) is 3. The molecule has 126 valence electrons. The number of aromatic nitrogens is 1. The van der Waals surface area contributed by atoms with Gasteiger partial charge in [0.25, 0.3) is 11.8 Å². The Balaban J connectivity index is 1.73. The van der Waals surface area contributed by atoms with Gasteiger partial charge in [-0.05, 0) is 55.2 Å². The largest absolute Gasteiger partial charge is 0.345 e. The van der Waals surface area contributed by atoms with Crippen LogP contribution in [0.2, 0.25) is 0 Å². The van der Waals surface area contributed by atoms with Crippen molar-refractivity contribution in [2.45, 2.75) is 25.8 Å². The van der Waals surface area contributed by atoms with E-state index in [1.807, 2.05) is 19.1 Å². The van der Waals surface area contributed by atoms with Crippen molar-refractivity contribution in [3.05, 3.63) is 64.5 Å². The van der Waals surface area contributed by atoms with E-state index in [9.17, 15) is 9.59 Å². The number of nitrogens with zero attached hydrogens (tertiary/aromatic N) is 1. The van der Waals surface area contributed by atoms with E-state index in [0.29, 0.717) is 11.1 Å². The number of nitrogens with one attached hydrogen (secondary N) is 2. The standard InChI is InChI=1S/C20H19N3O2/c1-3-9-22-19(24)15-4-6-17-14(12-15)5-7-18(17)23-20(25)16-8-10-21-13(2)11-16/h1,4,6,8,10-12,18H,5,7,9H2,2H3,(H,22,24)(H,23,25). The Morgan fingerprint density at radius 3 is 2.80 bits per heavy atom. The molecule has 0 radical (unpaired) electrons. The summed E-state index contributed by atoms with van der Waals surface area (Å²) in [5.41, 5.74) is 4.15. The molecular weight excluding hydrogens is 314 g/mol. The van der Waals surface area contributed by atoms with Crippen LogP contribution in [0.4, 0.5) is 0 Å². The molecule has 3 rings (SSSR count). The van der Waals surface area contributed by atoms with Crippen molar-refractivity contribution < 1.29 is 9.59 Å². The molecule has 0 aliphatic heterocycles. The molecule has 0 bridgehead atoms. The van der Waals surface area contributed by atoms with E-state index in [1.165, 1.54) is 0 Å². The van der Waals surface area contributed by atoms with Gasteiger partial charge in [0.1, 0.15) is 0 Å². The molecule has 25 heavy (non-hydrogen) atoms. The summed E-state index contributed by atoms with van der Waals surface area (Å²) in [6.07, 6.45) is 8.44. The van der Waals surface area contributed by atoms with Crippen LogP contribution in [0.3, 0.4) is 0 Å². The number of terminal acetylenes is 1. The SMILES string of the molecule is C#CCNC(=O)c1ccc2c(c1)CCC2NC(=O)c1ccnc(C)c1. The zero-order valence-electron chi connectivity index (χ0n) is 14.0. The Hall–Kier alpha value is -3.13. The number of carbonyl (C=O) groups excluding carboxylic acids is 2. The third-order valence-electron chi connectivity index (χ3n) is 4.30. The summed E-state index contributed by atoms with van der Waals surface area (Å²) < 4.78 is 0. The lowest BCUT2D eigenvalue weighted by atomic mass is 10.0. The van der Waals surface area contributed by atoms with E-state index in [4.69, 9.17) is 6.42 Å². The minimum Gasteiger partial charge on any atom is -0.345 e. The van der Waals surface area contributed by atoms with Gasteiger partial charge in [0.05, 0.1) is 12.6 Å². The second kappa shape index (κ2) is 7.18. The molecule has 0 saturated heterocycles. The minimum atomic E-state index is -0.180. The van der Waals surface area contributed by atoms with Gasteiger partial charge in [0.2, 0.25) is 0 Å². The van der Waals surface area contributed by atoms with Crippen molar-refractivity contribution in [1.29, 1.82) is 0 Å². The average Bonchev–Trinajstić information content (AvgIpc) is 3.01. The van der Waals surface area contributed by atoms with Crippen LogP contribution < -0.4 is 10.6 Å². The predicted molar refractivity (Wildman–Crippen MR) is 95.1 cm³/mol. The Morgan fingerprint density at radius 1 is 1.24 bits per heavy atom. The Kier molecular flexibility index (Phi) is 4.80. The molecule has 2 N–H and O–H groups in total. The molecule has 1 heterocycles. The van der Waals surface area contributed by atoms with Crippen LogP contribution in [0.5, 0.6) is 0 Å². The first-order chi connectivity index (χ1) is 12.1. The fourth-order valence-corrected chi connectivity index (χ4v) is 3.07. The third kappa shape index (κ3) is 3.69. The predicted octanol–water partition coefficient (Wildman–Crippen LogP) is 2.17. The molecule has 2 amide bonds. The second-order valence-corrected chi connectivity index (χ2v) is 6.05. The lowest BCUT2D eigenvalue weighted by molar-refractivity contribution is 0.0933. The van der Waals surface area contributed by atoms with Gasteiger partial charge in [0.15, 0.2) is 0 Å². The highest BCUT2D eigenvalue weighted by Crippen LogP contribution is 2.32. The number of aryl methyl sites for hydroxylation is 2. The maximum absolute atomic E-state index is 12.4. The summed E-state index contributed by atoms with van der Waals surface area (Å²) in [5.74, 6) is 2.09. The van der Waals surface area contributed by atoms with Crippen molar-refractivity contribution >= 4 is 11.8 Å². The van der Waals surface area contributed by atoms with Crippen molar-refractivity contribution in [2.75, 3.05) is 6.54 Å².